The van der Waals surface area contributed by atoms with Gasteiger partial charge in [-0.3, -0.25) is 0 Å². The summed E-state index contributed by atoms with van der Waals surface area (Å²) in [5, 5.41) is 3.77. The number of ether oxygens (including phenoxy) is 1. The number of aromatic nitrogens is 2. The highest BCUT2D eigenvalue weighted by atomic mass is 32.2. The zero-order chi connectivity index (χ0) is 18.1. The van der Waals surface area contributed by atoms with E-state index >= 15 is 0 Å². The van der Waals surface area contributed by atoms with Gasteiger partial charge in [-0.05, 0) is 49.8 Å². The average Bonchev–Trinajstić information content (AvgIpc) is 3.28. The number of hydrogen-bond acceptors (Lipinski definition) is 6. The highest BCUT2D eigenvalue weighted by Crippen LogP contribution is 2.32. The minimum absolute atomic E-state index is 0.196. The van der Waals surface area contributed by atoms with Crippen molar-refractivity contribution in [2.24, 2.45) is 0 Å². The summed E-state index contributed by atoms with van der Waals surface area (Å²) in [5.74, 6) is 1.02. The van der Waals surface area contributed by atoms with Crippen molar-refractivity contribution in [1.29, 1.82) is 0 Å². The van der Waals surface area contributed by atoms with Crippen LogP contribution in [0.5, 0.6) is 0 Å². The fourth-order valence-corrected chi connectivity index (χ4v) is 4.64. The first kappa shape index (κ1) is 17.4. The Kier molecular flexibility index (Phi) is 4.64. The Balaban J connectivity index is 1.38. The Morgan fingerprint density at radius 2 is 2.08 bits per heavy atom. The number of allylic oxidation sites excluding steroid dienone is 1. The van der Waals surface area contributed by atoms with Crippen LogP contribution >= 0.6 is 0 Å². The van der Waals surface area contributed by atoms with Gasteiger partial charge in [-0.1, -0.05) is 29.4 Å². The van der Waals surface area contributed by atoms with Crippen LogP contribution < -0.4 is 4.72 Å². The van der Waals surface area contributed by atoms with Gasteiger partial charge in [-0.15, -0.1) is 0 Å². The Morgan fingerprint density at radius 1 is 1.23 bits per heavy atom. The fourth-order valence-electron chi connectivity index (χ4n) is 3.39. The molecule has 1 saturated heterocycles. The molecule has 2 heterocycles. The molecule has 0 unspecified atom stereocenters. The zero-order valence-electron chi connectivity index (χ0n) is 14.5. The lowest BCUT2D eigenvalue weighted by Gasteiger charge is -2.18. The first-order valence-electron chi connectivity index (χ1n) is 8.75. The Hall–Kier alpha value is -2.03. The highest BCUT2D eigenvalue weighted by molar-refractivity contribution is 7.93. The van der Waals surface area contributed by atoms with Gasteiger partial charge in [0.2, 0.25) is 10.0 Å². The van der Waals surface area contributed by atoms with Crippen LogP contribution in [0.1, 0.15) is 48.2 Å². The summed E-state index contributed by atoms with van der Waals surface area (Å²) in [6.45, 7) is 1.99. The zero-order valence-corrected chi connectivity index (χ0v) is 15.3. The number of benzene rings is 1. The van der Waals surface area contributed by atoms with E-state index in [0.29, 0.717) is 23.0 Å². The molecule has 2 aliphatic rings. The van der Waals surface area contributed by atoms with Gasteiger partial charge in [0.1, 0.15) is 6.10 Å². The summed E-state index contributed by atoms with van der Waals surface area (Å²) in [6, 6.07) is 7.88. The molecule has 0 saturated carbocycles. The molecule has 1 aliphatic carbocycles. The SMILES string of the molecule is Cc1noc([C@@H]2CC[C@H](CNS(=O)(=O)C3=Cc4ccccc4CC3)O2)n1. The van der Waals surface area contributed by atoms with Gasteiger partial charge in [-0.25, -0.2) is 13.1 Å². The summed E-state index contributed by atoms with van der Waals surface area (Å²) in [6.07, 6.45) is 4.05. The van der Waals surface area contributed by atoms with E-state index in [0.717, 1.165) is 24.8 Å². The van der Waals surface area contributed by atoms with Crippen LogP contribution in [-0.4, -0.2) is 31.2 Å². The molecule has 7 nitrogen and oxygen atoms in total. The maximum atomic E-state index is 12.6. The van der Waals surface area contributed by atoms with Crippen molar-refractivity contribution in [2.75, 3.05) is 6.54 Å². The normalized spacial score (nSPS) is 22.9. The number of nitrogens with zero attached hydrogens (tertiary/aromatic N) is 2. The van der Waals surface area contributed by atoms with Gasteiger partial charge in [-0.2, -0.15) is 4.98 Å². The molecule has 1 aromatic carbocycles. The maximum Gasteiger partial charge on any atom is 0.255 e. The minimum atomic E-state index is -3.51. The number of rotatable bonds is 5. The molecule has 0 amide bonds. The van der Waals surface area contributed by atoms with Crippen LogP contribution in [0, 0.1) is 6.92 Å². The van der Waals surface area contributed by atoms with Crippen molar-refractivity contribution in [1.82, 2.24) is 14.9 Å². The largest absolute Gasteiger partial charge is 0.364 e. The summed E-state index contributed by atoms with van der Waals surface area (Å²) in [5.41, 5.74) is 2.16. The van der Waals surface area contributed by atoms with Crippen molar-refractivity contribution in [2.45, 2.75) is 44.8 Å². The third-order valence-electron chi connectivity index (χ3n) is 4.78. The molecule has 4 rings (SSSR count). The number of hydrogen-bond donors (Lipinski definition) is 1. The monoisotopic (exact) mass is 375 g/mol. The minimum Gasteiger partial charge on any atom is -0.364 e. The number of aryl methyl sites for hydroxylation is 2. The van der Waals surface area contributed by atoms with Crippen molar-refractivity contribution in [3.63, 3.8) is 0 Å². The second kappa shape index (κ2) is 6.94. The second-order valence-electron chi connectivity index (χ2n) is 6.67. The third kappa shape index (κ3) is 3.58. The van der Waals surface area contributed by atoms with Gasteiger partial charge >= 0.3 is 0 Å². The van der Waals surface area contributed by atoms with E-state index in [2.05, 4.69) is 14.9 Å². The molecule has 2 atom stereocenters. The highest BCUT2D eigenvalue weighted by Gasteiger charge is 2.31. The van der Waals surface area contributed by atoms with Gasteiger partial charge in [0.05, 0.1) is 11.0 Å². The lowest BCUT2D eigenvalue weighted by molar-refractivity contribution is 0.0290. The molecule has 1 aromatic heterocycles. The molecule has 0 radical (unpaired) electrons. The van der Waals surface area contributed by atoms with Gasteiger partial charge < -0.3 is 9.26 Å². The topological polar surface area (TPSA) is 94.3 Å². The molecule has 1 aliphatic heterocycles. The van der Waals surface area contributed by atoms with Crippen molar-refractivity contribution >= 4 is 16.1 Å². The predicted molar refractivity (Wildman–Crippen MR) is 95.5 cm³/mol. The molecular formula is C18H21N3O4S. The first-order chi connectivity index (χ1) is 12.5. The van der Waals surface area contributed by atoms with Gasteiger partial charge in [0, 0.05) is 6.54 Å². The number of fused-ring (bicyclic) bond motifs is 1. The number of nitrogens with one attached hydrogen (secondary N) is 1. The van der Waals surface area contributed by atoms with Crippen molar-refractivity contribution < 1.29 is 17.7 Å². The van der Waals surface area contributed by atoms with Crippen LogP contribution in [0.2, 0.25) is 0 Å². The second-order valence-corrected chi connectivity index (χ2v) is 8.49. The standard InChI is InChI=1S/C18H21N3O4S/c1-12-20-18(25-21-12)17-9-7-15(24-17)11-19-26(22,23)16-8-6-13-4-2-3-5-14(13)10-16/h2-5,10,15,17,19H,6-9,11H2,1H3/t15-,17+/m1/s1. The number of sulfonamides is 1. The van der Waals surface area contributed by atoms with E-state index < -0.39 is 10.0 Å². The predicted octanol–water partition coefficient (Wildman–Crippen LogP) is 2.50. The van der Waals surface area contributed by atoms with E-state index in [1.165, 1.54) is 5.56 Å². The van der Waals surface area contributed by atoms with E-state index in [4.69, 9.17) is 9.26 Å². The molecule has 0 spiro atoms. The molecule has 138 valence electrons. The Labute approximate surface area is 152 Å². The molecule has 0 bridgehead atoms. The molecule has 1 N–H and O–H groups in total. The van der Waals surface area contributed by atoms with Crippen LogP contribution in [0.3, 0.4) is 0 Å². The van der Waals surface area contributed by atoms with Gasteiger partial charge in [0.15, 0.2) is 5.82 Å². The van der Waals surface area contributed by atoms with Crippen molar-refractivity contribution in [3.8, 4) is 0 Å². The van der Waals surface area contributed by atoms with E-state index in [-0.39, 0.29) is 18.8 Å². The van der Waals surface area contributed by atoms with Crippen LogP contribution in [0.15, 0.2) is 33.7 Å². The summed E-state index contributed by atoms with van der Waals surface area (Å²) in [7, 11) is -3.51. The molecular weight excluding hydrogens is 354 g/mol. The fraction of sp³-hybridized carbons (Fsp3) is 0.444. The Morgan fingerprint density at radius 3 is 2.88 bits per heavy atom. The van der Waals surface area contributed by atoms with Crippen LogP contribution in [0.25, 0.3) is 6.08 Å². The smallest absolute Gasteiger partial charge is 0.255 e. The van der Waals surface area contributed by atoms with Crippen LogP contribution in [0.4, 0.5) is 0 Å². The lowest BCUT2D eigenvalue weighted by atomic mass is 9.98. The summed E-state index contributed by atoms with van der Waals surface area (Å²) >= 11 is 0. The van der Waals surface area contributed by atoms with Gasteiger partial charge in [0.25, 0.3) is 5.89 Å². The lowest BCUT2D eigenvalue weighted by Crippen LogP contribution is -2.33. The maximum absolute atomic E-state index is 12.6. The van der Waals surface area contributed by atoms with E-state index in [1.54, 1.807) is 13.0 Å². The first-order valence-corrected chi connectivity index (χ1v) is 10.2. The molecule has 2 aromatic rings. The van der Waals surface area contributed by atoms with E-state index in [1.807, 2.05) is 24.3 Å². The Bertz CT molecular complexity index is 935. The molecule has 26 heavy (non-hydrogen) atoms. The van der Waals surface area contributed by atoms with Crippen LogP contribution in [-0.2, 0) is 21.2 Å². The quantitative estimate of drug-likeness (QED) is 0.863. The van der Waals surface area contributed by atoms with E-state index in [9.17, 15) is 8.42 Å². The van der Waals surface area contributed by atoms with Crippen molar-refractivity contribution in [3.05, 3.63) is 52.0 Å². The molecule has 8 heteroatoms. The average molecular weight is 375 g/mol. The summed E-state index contributed by atoms with van der Waals surface area (Å²) in [4.78, 5) is 4.61. The third-order valence-corrected chi connectivity index (χ3v) is 6.34. The molecule has 1 fully saturated rings. The summed E-state index contributed by atoms with van der Waals surface area (Å²) < 4.78 is 38.9.